The number of aliphatic imine (C=N–C) groups is 1. The van der Waals surface area contributed by atoms with Gasteiger partial charge >= 0.3 is 0 Å². The highest BCUT2D eigenvalue weighted by molar-refractivity contribution is 6.04. The largest absolute Gasteiger partial charge is 0.383 e. The van der Waals surface area contributed by atoms with Crippen LogP contribution in [0.25, 0.3) is 0 Å². The number of amidine groups is 1. The van der Waals surface area contributed by atoms with Crippen molar-refractivity contribution in [1.82, 2.24) is 0 Å². The monoisotopic (exact) mass is 394 g/mol. The molecular formula is C21H22N4O4. The highest BCUT2D eigenvalue weighted by atomic mass is 16.5. The molecule has 150 valence electrons. The number of nitrogens with one attached hydrogen (secondary N) is 1. The molecule has 2 amide bonds. The van der Waals surface area contributed by atoms with Crippen molar-refractivity contribution in [2.75, 3.05) is 23.4 Å². The number of benzene rings is 2. The van der Waals surface area contributed by atoms with Gasteiger partial charge in [0, 0.05) is 23.5 Å². The first kappa shape index (κ1) is 19.1. The van der Waals surface area contributed by atoms with Gasteiger partial charge in [0.25, 0.3) is 11.8 Å². The fraction of sp³-hybridized carbons (Fsp3) is 0.286. The Morgan fingerprint density at radius 1 is 1.31 bits per heavy atom. The molecule has 0 radical (unpaired) electrons. The maximum absolute atomic E-state index is 12.8. The number of morpholine rings is 1. The quantitative estimate of drug-likeness (QED) is 0.714. The molecule has 0 aliphatic carbocycles. The molecule has 2 unspecified atom stereocenters. The normalized spacial score (nSPS) is 19.5. The number of carbonyl (C=O) groups excluding carboxylic acids is 2. The van der Waals surface area contributed by atoms with Crippen molar-refractivity contribution in [3.05, 3.63) is 59.2 Å². The number of nitrogens with zero attached hydrogens (tertiary/aromatic N) is 2. The summed E-state index contributed by atoms with van der Waals surface area (Å²) >= 11 is 0. The summed E-state index contributed by atoms with van der Waals surface area (Å²) in [7, 11) is 0. The van der Waals surface area contributed by atoms with E-state index in [1.807, 2.05) is 31.2 Å². The van der Waals surface area contributed by atoms with Crippen LogP contribution in [-0.4, -0.2) is 48.1 Å². The Bertz CT molecular complexity index is 987. The van der Waals surface area contributed by atoms with Gasteiger partial charge in [-0.15, -0.1) is 0 Å². The average molecular weight is 394 g/mol. The highest BCUT2D eigenvalue weighted by Crippen LogP contribution is 2.23. The fourth-order valence-corrected chi connectivity index (χ4v) is 3.47. The first-order valence-corrected chi connectivity index (χ1v) is 9.36. The minimum atomic E-state index is -1.63. The van der Waals surface area contributed by atoms with Crippen molar-refractivity contribution in [2.24, 2.45) is 10.7 Å². The number of hydrogen-bond donors (Lipinski definition) is 3. The van der Waals surface area contributed by atoms with Gasteiger partial charge in [-0.1, -0.05) is 17.7 Å². The molecule has 0 bridgehead atoms. The Balaban J connectivity index is 1.45. The van der Waals surface area contributed by atoms with E-state index in [-0.39, 0.29) is 6.61 Å². The molecule has 29 heavy (non-hydrogen) atoms. The number of carbonyl (C=O) groups is 2. The molecule has 2 aromatic carbocycles. The number of aliphatic hydroxyl groups is 1. The number of aliphatic hydroxyl groups excluding tert-OH is 1. The van der Waals surface area contributed by atoms with E-state index in [2.05, 4.69) is 10.3 Å². The van der Waals surface area contributed by atoms with Crippen molar-refractivity contribution in [1.29, 1.82) is 0 Å². The first-order valence-electron chi connectivity index (χ1n) is 9.36. The number of ether oxygens (including phenoxy) is 1. The Morgan fingerprint density at radius 2 is 2.07 bits per heavy atom. The molecule has 0 aromatic heterocycles. The van der Waals surface area contributed by atoms with Crippen LogP contribution in [-0.2, 0) is 20.9 Å². The van der Waals surface area contributed by atoms with E-state index in [4.69, 9.17) is 10.5 Å². The zero-order valence-electron chi connectivity index (χ0n) is 16.0. The van der Waals surface area contributed by atoms with E-state index in [1.54, 1.807) is 18.2 Å². The van der Waals surface area contributed by atoms with Gasteiger partial charge < -0.3 is 25.8 Å². The zero-order chi connectivity index (χ0) is 20.5. The smallest absolute Gasteiger partial charge is 0.259 e. The summed E-state index contributed by atoms with van der Waals surface area (Å²) in [4.78, 5) is 31.0. The second-order valence-electron chi connectivity index (χ2n) is 7.12. The molecule has 1 saturated heterocycles. The van der Waals surface area contributed by atoms with E-state index in [0.717, 1.165) is 16.7 Å². The standard InChI is InChI=1S/C21H22N4O4/c1-12-2-5-15(6-3-12)25-8-9-29-18(21(25)28)17(26)20(27)24-14-4-7-16-13(10-14)11-23-19(16)22/h2-7,10,17-18,26H,8-9,11H2,1H3,(H2,22,23)(H,24,27). The van der Waals surface area contributed by atoms with Gasteiger partial charge in [-0.3, -0.25) is 14.6 Å². The number of nitrogens with two attached hydrogens (primary N) is 1. The Labute approximate surface area is 168 Å². The summed E-state index contributed by atoms with van der Waals surface area (Å²) in [6.45, 7) is 2.99. The van der Waals surface area contributed by atoms with E-state index in [0.29, 0.717) is 30.3 Å². The number of amides is 2. The number of fused-ring (bicyclic) bond motifs is 1. The Hall–Kier alpha value is -3.23. The molecule has 2 aliphatic heterocycles. The Morgan fingerprint density at radius 3 is 2.83 bits per heavy atom. The fourth-order valence-electron chi connectivity index (χ4n) is 3.47. The van der Waals surface area contributed by atoms with Crippen LogP contribution in [0, 0.1) is 6.92 Å². The third-order valence-corrected chi connectivity index (χ3v) is 5.09. The van der Waals surface area contributed by atoms with Gasteiger partial charge in [-0.2, -0.15) is 0 Å². The molecule has 2 aromatic rings. The van der Waals surface area contributed by atoms with Gasteiger partial charge in [0.15, 0.2) is 12.2 Å². The van der Waals surface area contributed by atoms with Crippen LogP contribution in [0.5, 0.6) is 0 Å². The molecule has 4 rings (SSSR count). The second-order valence-corrected chi connectivity index (χ2v) is 7.12. The third kappa shape index (κ3) is 3.72. The van der Waals surface area contributed by atoms with Crippen LogP contribution in [0.3, 0.4) is 0 Å². The molecule has 2 heterocycles. The lowest BCUT2D eigenvalue weighted by Gasteiger charge is -2.34. The van der Waals surface area contributed by atoms with Crippen molar-refractivity contribution in [3.63, 3.8) is 0 Å². The number of anilines is 2. The zero-order valence-corrected chi connectivity index (χ0v) is 16.0. The van der Waals surface area contributed by atoms with Gasteiger partial charge in [0.05, 0.1) is 13.2 Å². The van der Waals surface area contributed by atoms with Crippen molar-refractivity contribution in [3.8, 4) is 0 Å². The van der Waals surface area contributed by atoms with Crippen LogP contribution in [0.2, 0.25) is 0 Å². The lowest BCUT2D eigenvalue weighted by Crippen LogP contribution is -2.55. The molecule has 8 heteroatoms. The van der Waals surface area contributed by atoms with Crippen LogP contribution in [0.4, 0.5) is 11.4 Å². The van der Waals surface area contributed by atoms with E-state index in [1.165, 1.54) is 4.90 Å². The topological polar surface area (TPSA) is 117 Å². The molecule has 0 spiro atoms. The molecule has 4 N–H and O–H groups in total. The molecule has 1 fully saturated rings. The van der Waals surface area contributed by atoms with Crippen LogP contribution < -0.4 is 16.0 Å². The van der Waals surface area contributed by atoms with Crippen molar-refractivity contribution < 1.29 is 19.4 Å². The summed E-state index contributed by atoms with van der Waals surface area (Å²) < 4.78 is 5.44. The summed E-state index contributed by atoms with van der Waals surface area (Å²) in [5.41, 5.74) is 9.80. The number of hydrogen-bond acceptors (Lipinski definition) is 6. The van der Waals surface area contributed by atoms with Gasteiger partial charge in [0.1, 0.15) is 5.84 Å². The van der Waals surface area contributed by atoms with Crippen LogP contribution in [0.15, 0.2) is 47.5 Å². The summed E-state index contributed by atoms with van der Waals surface area (Å²) in [6, 6.07) is 12.7. The molecule has 2 atom stereocenters. The third-order valence-electron chi connectivity index (χ3n) is 5.09. The summed E-state index contributed by atoms with van der Waals surface area (Å²) in [5, 5.41) is 13.1. The van der Waals surface area contributed by atoms with E-state index >= 15 is 0 Å². The molecule has 0 saturated carbocycles. The number of aryl methyl sites for hydroxylation is 1. The van der Waals surface area contributed by atoms with Crippen molar-refractivity contribution in [2.45, 2.75) is 25.7 Å². The SMILES string of the molecule is Cc1ccc(N2CCOC(C(O)C(=O)Nc3ccc4c(c3)CN=C4N)C2=O)cc1. The van der Waals surface area contributed by atoms with E-state index < -0.39 is 24.0 Å². The highest BCUT2D eigenvalue weighted by Gasteiger charge is 2.39. The summed E-state index contributed by atoms with van der Waals surface area (Å²) in [6.07, 6.45) is -2.90. The first-order chi connectivity index (χ1) is 13.9. The van der Waals surface area contributed by atoms with Crippen LogP contribution in [0.1, 0.15) is 16.7 Å². The minimum absolute atomic E-state index is 0.226. The van der Waals surface area contributed by atoms with Crippen LogP contribution >= 0.6 is 0 Å². The van der Waals surface area contributed by atoms with E-state index in [9.17, 15) is 14.7 Å². The van der Waals surface area contributed by atoms with Crippen molar-refractivity contribution >= 4 is 29.0 Å². The van der Waals surface area contributed by atoms with Gasteiger partial charge in [-0.05, 0) is 42.8 Å². The molecule has 2 aliphatic rings. The maximum atomic E-state index is 12.8. The predicted octanol–water partition coefficient (Wildman–Crippen LogP) is 0.945. The molecule has 8 nitrogen and oxygen atoms in total. The van der Waals surface area contributed by atoms with Gasteiger partial charge in [0.2, 0.25) is 0 Å². The predicted molar refractivity (Wildman–Crippen MR) is 109 cm³/mol. The lowest BCUT2D eigenvalue weighted by atomic mass is 10.1. The Kier molecular flexibility index (Phi) is 5.04. The maximum Gasteiger partial charge on any atom is 0.259 e. The average Bonchev–Trinajstić information content (AvgIpc) is 3.08. The minimum Gasteiger partial charge on any atom is -0.383 e. The number of rotatable bonds is 4. The lowest BCUT2D eigenvalue weighted by molar-refractivity contribution is -0.150. The summed E-state index contributed by atoms with van der Waals surface area (Å²) in [5.74, 6) is -0.686. The van der Waals surface area contributed by atoms with Gasteiger partial charge in [-0.25, -0.2) is 0 Å². The molecular weight excluding hydrogens is 372 g/mol. The second kappa shape index (κ2) is 7.65.